The summed E-state index contributed by atoms with van der Waals surface area (Å²) >= 11 is 0. The molecule has 0 unspecified atom stereocenters. The van der Waals surface area contributed by atoms with Crippen molar-refractivity contribution < 1.29 is 22.4 Å². The van der Waals surface area contributed by atoms with Gasteiger partial charge in [-0.3, -0.25) is 0 Å². The van der Waals surface area contributed by atoms with Gasteiger partial charge in [0.05, 0.1) is 0 Å². The van der Waals surface area contributed by atoms with Gasteiger partial charge in [0.2, 0.25) is 0 Å². The Kier molecular flexibility index (Phi) is 22.4. The van der Waals surface area contributed by atoms with Crippen LogP contribution in [0.4, 0.5) is 0 Å². The molecule has 1 heteroatoms. The molecule has 23 valence electrons. The Labute approximate surface area is 42.4 Å². The normalized spacial score (nSPS) is 3.00. The third kappa shape index (κ3) is 34.9. The first-order valence-electron chi connectivity index (χ1n) is 0.816. The van der Waals surface area contributed by atoms with Crippen LogP contribution in [0.15, 0.2) is 12.7 Å². The summed E-state index contributed by atoms with van der Waals surface area (Å²) in [7, 11) is 0. The van der Waals surface area contributed by atoms with E-state index in [4.69, 9.17) is 0 Å². The molecule has 0 heterocycles. The van der Waals surface area contributed by atoms with Crippen LogP contribution in [0.1, 0.15) is 0 Å². The Morgan fingerprint density at radius 2 is 1.75 bits per heavy atom. The summed E-state index contributed by atoms with van der Waals surface area (Å²) in [5, 5.41) is 0. The summed E-state index contributed by atoms with van der Waals surface area (Å²) in [6.07, 6.45) is 1.50. The molecule has 1 radical (unpaired) electrons. The van der Waals surface area contributed by atoms with Gasteiger partial charge < -0.3 is 0 Å². The largest absolute Gasteiger partial charge is 0.245 e. The summed E-state index contributed by atoms with van der Waals surface area (Å²) in [4.78, 5) is 0. The molecule has 0 nitrogen and oxygen atoms in total. The van der Waals surface area contributed by atoms with Crippen molar-refractivity contribution in [1.29, 1.82) is 0 Å². The van der Waals surface area contributed by atoms with Crippen LogP contribution >= 0.6 is 0 Å². The van der Waals surface area contributed by atoms with E-state index in [-0.39, 0.29) is 22.4 Å². The Morgan fingerprint density at radius 3 is 1.75 bits per heavy atom. The molecule has 0 aliphatic heterocycles. The minimum absolute atomic E-state index is 0. The van der Waals surface area contributed by atoms with E-state index in [0.717, 1.165) is 0 Å². The molecule has 0 aromatic heterocycles. The van der Waals surface area contributed by atoms with Crippen molar-refractivity contribution in [2.45, 2.75) is 0 Å². The molecular formula is C3H5Ta-. The summed E-state index contributed by atoms with van der Waals surface area (Å²) in [6.45, 7) is 6.50. The van der Waals surface area contributed by atoms with Crippen molar-refractivity contribution in [3.63, 3.8) is 0 Å². The summed E-state index contributed by atoms with van der Waals surface area (Å²) in [5.74, 6) is 0. The molecular weight excluding hydrogens is 217 g/mol. The van der Waals surface area contributed by atoms with E-state index in [1.807, 2.05) is 0 Å². The monoisotopic (exact) mass is 222 g/mol. The molecule has 0 aliphatic rings. The fraction of sp³-hybridized carbons (Fsp3) is 0. The van der Waals surface area contributed by atoms with Gasteiger partial charge in [0, 0.05) is 22.4 Å². The van der Waals surface area contributed by atoms with E-state index in [0.29, 0.717) is 0 Å². The zero-order valence-electron chi connectivity index (χ0n) is 2.44. The first kappa shape index (κ1) is 8.84. The summed E-state index contributed by atoms with van der Waals surface area (Å²) in [6, 6.07) is 0. The molecule has 0 atom stereocenters. The van der Waals surface area contributed by atoms with Crippen molar-refractivity contribution >= 4 is 0 Å². The molecule has 0 spiro atoms. The van der Waals surface area contributed by atoms with Gasteiger partial charge in [-0.1, -0.05) is 0 Å². The molecule has 0 rings (SSSR count). The van der Waals surface area contributed by atoms with Gasteiger partial charge in [-0.15, -0.1) is 0 Å². The minimum Gasteiger partial charge on any atom is -0.245 e. The van der Waals surface area contributed by atoms with E-state index in [1.165, 1.54) is 6.08 Å². The Bertz CT molecular complexity index is 10.8. The Balaban J connectivity index is 0. The second kappa shape index (κ2) is 10.2. The van der Waals surface area contributed by atoms with Gasteiger partial charge in [0.25, 0.3) is 0 Å². The summed E-state index contributed by atoms with van der Waals surface area (Å²) in [5.41, 5.74) is 0. The number of hydrogen-bond acceptors (Lipinski definition) is 0. The quantitative estimate of drug-likeness (QED) is 0.536. The molecule has 0 aromatic rings. The van der Waals surface area contributed by atoms with Crippen LogP contribution in [0.2, 0.25) is 0 Å². The average molecular weight is 222 g/mol. The van der Waals surface area contributed by atoms with Crippen LogP contribution in [-0.2, 0) is 22.4 Å². The van der Waals surface area contributed by atoms with Gasteiger partial charge in [-0.05, 0) is 0 Å². The maximum absolute atomic E-state index is 3.25. The maximum atomic E-state index is 3.25. The molecule has 0 amide bonds. The van der Waals surface area contributed by atoms with E-state index < -0.39 is 0 Å². The smallest absolute Gasteiger partial charge is 0 e. The molecule has 0 aliphatic carbocycles. The van der Waals surface area contributed by atoms with Gasteiger partial charge in [0.1, 0.15) is 0 Å². The zero-order chi connectivity index (χ0) is 2.71. The fourth-order valence-electron chi connectivity index (χ4n) is 0. The predicted octanol–water partition coefficient (Wildman–Crippen LogP) is 1.00. The average Bonchev–Trinajstić information content (AvgIpc) is 0.918. The van der Waals surface area contributed by atoms with Crippen LogP contribution in [0, 0.1) is 6.92 Å². The van der Waals surface area contributed by atoms with Crippen molar-refractivity contribution in [3.05, 3.63) is 19.6 Å². The van der Waals surface area contributed by atoms with E-state index in [2.05, 4.69) is 13.5 Å². The van der Waals surface area contributed by atoms with Crippen LogP contribution < -0.4 is 0 Å². The van der Waals surface area contributed by atoms with Crippen LogP contribution in [0.3, 0.4) is 0 Å². The topological polar surface area (TPSA) is 0 Å². The van der Waals surface area contributed by atoms with Crippen molar-refractivity contribution in [1.82, 2.24) is 0 Å². The summed E-state index contributed by atoms with van der Waals surface area (Å²) < 4.78 is 0. The molecule has 0 bridgehead atoms. The minimum atomic E-state index is 0. The van der Waals surface area contributed by atoms with E-state index >= 15 is 0 Å². The van der Waals surface area contributed by atoms with E-state index in [1.54, 1.807) is 0 Å². The van der Waals surface area contributed by atoms with Gasteiger partial charge in [-0.25, -0.2) is 19.6 Å². The Hall–Kier alpha value is 0.350. The van der Waals surface area contributed by atoms with E-state index in [9.17, 15) is 0 Å². The SMILES string of the molecule is C=C[CH2-].[Ta]. The van der Waals surface area contributed by atoms with Crippen molar-refractivity contribution in [2.75, 3.05) is 0 Å². The van der Waals surface area contributed by atoms with Gasteiger partial charge in [0.15, 0.2) is 0 Å². The Morgan fingerprint density at radius 1 is 1.75 bits per heavy atom. The third-order valence-corrected chi connectivity index (χ3v) is 0. The van der Waals surface area contributed by atoms with Gasteiger partial charge >= 0.3 is 0 Å². The molecule has 0 aromatic carbocycles. The molecule has 4 heavy (non-hydrogen) atoms. The molecule has 0 saturated heterocycles. The van der Waals surface area contributed by atoms with Crippen molar-refractivity contribution in [3.8, 4) is 0 Å². The molecule has 0 saturated carbocycles. The number of allylic oxidation sites excluding steroid dienone is 1. The third-order valence-electron chi connectivity index (χ3n) is 0. The number of rotatable bonds is 0. The number of hydrogen-bond donors (Lipinski definition) is 0. The maximum Gasteiger partial charge on any atom is 0 e. The van der Waals surface area contributed by atoms with Crippen LogP contribution in [-0.4, -0.2) is 0 Å². The predicted molar refractivity (Wildman–Crippen MR) is 15.6 cm³/mol. The molecule has 0 N–H and O–H groups in total. The van der Waals surface area contributed by atoms with Crippen LogP contribution in [0.5, 0.6) is 0 Å². The first-order valence-corrected chi connectivity index (χ1v) is 0.816. The molecule has 0 fully saturated rings. The second-order valence-corrected chi connectivity index (χ2v) is 0.289. The van der Waals surface area contributed by atoms with Crippen LogP contribution in [0.25, 0.3) is 0 Å². The van der Waals surface area contributed by atoms with Gasteiger partial charge in [-0.2, -0.15) is 0 Å². The second-order valence-electron chi connectivity index (χ2n) is 0.289. The zero-order valence-corrected chi connectivity index (χ0v) is 5.65. The fourth-order valence-corrected chi connectivity index (χ4v) is 0. The van der Waals surface area contributed by atoms with Crippen molar-refractivity contribution in [2.24, 2.45) is 0 Å². The first-order chi connectivity index (χ1) is 1.41. The standard InChI is InChI=1S/C3H5.Ta/c1-3-2;/h3H,1-2H2;/q-1;.